The number of benzene rings is 1. The molecule has 2 aromatic heterocycles. The van der Waals surface area contributed by atoms with Gasteiger partial charge in [-0.15, -0.1) is 0 Å². The second kappa shape index (κ2) is 8.75. The first-order valence-corrected chi connectivity index (χ1v) is 10.00. The Morgan fingerprint density at radius 1 is 1.27 bits per heavy atom. The minimum absolute atomic E-state index is 0.0914. The maximum Gasteiger partial charge on any atom is 0.253 e. The second-order valence-electron chi connectivity index (χ2n) is 7.53. The van der Waals surface area contributed by atoms with Crippen molar-refractivity contribution in [2.45, 2.75) is 40.3 Å². The highest BCUT2D eigenvalue weighted by Crippen LogP contribution is 2.35. The Morgan fingerprint density at radius 2 is 2.00 bits per heavy atom. The van der Waals surface area contributed by atoms with Gasteiger partial charge in [-0.3, -0.25) is 14.3 Å². The molecule has 30 heavy (non-hydrogen) atoms. The largest absolute Gasteiger partial charge is 0.489 e. The zero-order chi connectivity index (χ0) is 22.0. The van der Waals surface area contributed by atoms with Crippen molar-refractivity contribution in [1.29, 1.82) is 0 Å². The van der Waals surface area contributed by atoms with Gasteiger partial charge in [-0.1, -0.05) is 11.6 Å². The number of hydrogen-bond acceptors (Lipinski definition) is 4. The summed E-state index contributed by atoms with van der Waals surface area (Å²) in [6.45, 7) is 7.53. The Kier molecular flexibility index (Phi) is 6.31. The van der Waals surface area contributed by atoms with Gasteiger partial charge >= 0.3 is 0 Å². The average molecular weight is 429 g/mol. The number of nitrogens with zero attached hydrogens (tertiary/aromatic N) is 2. The number of H-pyrrole nitrogens is 1. The fourth-order valence-electron chi connectivity index (χ4n) is 3.20. The Labute approximate surface area is 180 Å². The molecule has 2 heterocycles. The van der Waals surface area contributed by atoms with E-state index >= 15 is 0 Å². The molecule has 158 valence electrons. The summed E-state index contributed by atoms with van der Waals surface area (Å²) in [4.78, 5) is 28.0. The lowest BCUT2D eigenvalue weighted by Crippen LogP contribution is -2.28. The molecule has 1 amide bonds. The van der Waals surface area contributed by atoms with E-state index in [-0.39, 0.29) is 28.8 Å². The summed E-state index contributed by atoms with van der Waals surface area (Å²) in [5, 5.41) is 7.21. The van der Waals surface area contributed by atoms with E-state index in [0.717, 1.165) is 22.4 Å². The van der Waals surface area contributed by atoms with Gasteiger partial charge in [0.05, 0.1) is 22.9 Å². The normalized spacial score (nSPS) is 11.0. The first kappa shape index (κ1) is 21.6. The number of hydrogen-bond donors (Lipinski definition) is 2. The minimum Gasteiger partial charge on any atom is -0.489 e. The second-order valence-corrected chi connectivity index (χ2v) is 7.91. The van der Waals surface area contributed by atoms with Crippen LogP contribution in [-0.4, -0.2) is 26.8 Å². The number of ether oxygens (including phenoxy) is 1. The van der Waals surface area contributed by atoms with Crippen molar-refractivity contribution in [3.8, 4) is 16.9 Å². The third-order valence-electron chi connectivity index (χ3n) is 4.60. The van der Waals surface area contributed by atoms with Gasteiger partial charge in [0.2, 0.25) is 0 Å². The Bertz CT molecular complexity index is 1150. The summed E-state index contributed by atoms with van der Waals surface area (Å²) in [7, 11) is 1.82. The van der Waals surface area contributed by atoms with Crippen LogP contribution in [0.15, 0.2) is 35.4 Å². The monoisotopic (exact) mass is 428 g/mol. The summed E-state index contributed by atoms with van der Waals surface area (Å²) in [5.74, 6) is 0.0289. The van der Waals surface area contributed by atoms with E-state index in [1.165, 1.54) is 0 Å². The van der Waals surface area contributed by atoms with E-state index in [0.29, 0.717) is 11.3 Å². The van der Waals surface area contributed by atoms with E-state index < -0.39 is 5.91 Å². The lowest BCUT2D eigenvalue weighted by molar-refractivity contribution is 0.0950. The number of aromatic amines is 1. The molecule has 3 rings (SSSR count). The molecule has 0 aliphatic heterocycles. The molecule has 2 N–H and O–H groups in total. The Hall–Kier alpha value is -3.06. The summed E-state index contributed by atoms with van der Waals surface area (Å²) < 4.78 is 7.50. The van der Waals surface area contributed by atoms with Crippen molar-refractivity contribution >= 4 is 17.5 Å². The van der Waals surface area contributed by atoms with Gasteiger partial charge in [-0.25, -0.2) is 0 Å². The molecule has 0 aliphatic carbocycles. The molecule has 0 aliphatic rings. The highest BCUT2D eigenvalue weighted by atomic mass is 35.5. The molecule has 0 fully saturated rings. The molecule has 3 aromatic rings. The van der Waals surface area contributed by atoms with Crippen LogP contribution in [0.1, 0.15) is 41.0 Å². The topological polar surface area (TPSA) is 89.0 Å². The smallest absolute Gasteiger partial charge is 0.253 e. The van der Waals surface area contributed by atoms with Gasteiger partial charge in [0.25, 0.3) is 11.5 Å². The zero-order valence-electron chi connectivity index (χ0n) is 17.7. The lowest BCUT2D eigenvalue weighted by atomic mass is 10.0. The molecule has 0 unspecified atom stereocenters. The van der Waals surface area contributed by atoms with Crippen LogP contribution in [0, 0.1) is 13.8 Å². The molecular weight excluding hydrogens is 404 g/mol. The maximum absolute atomic E-state index is 13.0. The van der Waals surface area contributed by atoms with Crippen molar-refractivity contribution in [1.82, 2.24) is 20.1 Å². The summed E-state index contributed by atoms with van der Waals surface area (Å²) in [6, 6.07) is 5.37. The number of carbonyl (C=O) groups is 1. The first-order chi connectivity index (χ1) is 14.2. The number of carbonyl (C=O) groups excluding carboxylic acids is 1. The maximum atomic E-state index is 13.0. The van der Waals surface area contributed by atoms with E-state index in [1.807, 2.05) is 47.0 Å². The Morgan fingerprint density at radius 3 is 2.60 bits per heavy atom. The van der Waals surface area contributed by atoms with Crippen LogP contribution in [0.4, 0.5) is 0 Å². The number of nitrogens with one attached hydrogen (secondary N) is 2. The van der Waals surface area contributed by atoms with Crippen LogP contribution in [0.25, 0.3) is 11.1 Å². The first-order valence-electron chi connectivity index (χ1n) is 9.62. The molecule has 0 saturated carbocycles. The van der Waals surface area contributed by atoms with E-state index in [2.05, 4.69) is 15.4 Å². The fourth-order valence-corrected chi connectivity index (χ4v) is 3.44. The molecule has 0 bridgehead atoms. The number of pyridine rings is 1. The van der Waals surface area contributed by atoms with Crippen LogP contribution in [-0.2, 0) is 13.6 Å². The molecule has 8 heteroatoms. The molecule has 0 spiro atoms. The van der Waals surface area contributed by atoms with Gasteiger partial charge in [0.15, 0.2) is 0 Å². The molecule has 0 saturated heterocycles. The summed E-state index contributed by atoms with van der Waals surface area (Å²) in [6.07, 6.45) is 3.44. The highest BCUT2D eigenvalue weighted by Gasteiger charge is 2.19. The summed E-state index contributed by atoms with van der Waals surface area (Å²) in [5.41, 5.74) is 3.75. The van der Waals surface area contributed by atoms with Crippen molar-refractivity contribution in [2.75, 3.05) is 0 Å². The predicted octanol–water partition coefficient (Wildman–Crippen LogP) is 3.76. The van der Waals surface area contributed by atoms with Crippen LogP contribution >= 0.6 is 11.6 Å². The average Bonchev–Trinajstić information content (AvgIpc) is 3.08. The molecule has 0 atom stereocenters. The van der Waals surface area contributed by atoms with Gasteiger partial charge in [0.1, 0.15) is 5.75 Å². The molecule has 0 radical (unpaired) electrons. The van der Waals surface area contributed by atoms with Crippen molar-refractivity contribution in [3.05, 3.63) is 68.4 Å². The quantitative estimate of drug-likeness (QED) is 0.625. The van der Waals surface area contributed by atoms with Gasteiger partial charge < -0.3 is 15.0 Å². The van der Waals surface area contributed by atoms with E-state index in [1.54, 1.807) is 23.0 Å². The lowest BCUT2D eigenvalue weighted by Gasteiger charge is -2.16. The number of amides is 1. The fraction of sp³-hybridized carbons (Fsp3) is 0.318. The van der Waals surface area contributed by atoms with Gasteiger partial charge in [0, 0.05) is 36.6 Å². The standard InChI is InChI=1S/C22H25ClN4O3/c1-12(2)30-19-8-15(16-9-25-27(5)11-16)7-17(20(19)23)21(28)24-10-18-13(3)6-14(4)26-22(18)29/h6-9,11-12H,10H2,1-5H3,(H,24,28)(H,26,29). The summed E-state index contributed by atoms with van der Waals surface area (Å²) >= 11 is 6.50. The highest BCUT2D eigenvalue weighted by molar-refractivity contribution is 6.35. The zero-order valence-corrected chi connectivity index (χ0v) is 18.4. The van der Waals surface area contributed by atoms with E-state index in [4.69, 9.17) is 16.3 Å². The number of halogens is 1. The van der Waals surface area contributed by atoms with Gasteiger partial charge in [-0.05, 0) is 57.0 Å². The third kappa shape index (κ3) is 4.74. The number of aromatic nitrogens is 3. The molecular formula is C22H25ClN4O3. The van der Waals surface area contributed by atoms with Crippen LogP contribution < -0.4 is 15.6 Å². The predicted molar refractivity (Wildman–Crippen MR) is 117 cm³/mol. The number of aryl methyl sites for hydroxylation is 3. The van der Waals surface area contributed by atoms with Crippen molar-refractivity contribution in [3.63, 3.8) is 0 Å². The van der Waals surface area contributed by atoms with E-state index in [9.17, 15) is 9.59 Å². The van der Waals surface area contributed by atoms with Crippen molar-refractivity contribution in [2.24, 2.45) is 7.05 Å². The van der Waals surface area contributed by atoms with Crippen molar-refractivity contribution < 1.29 is 9.53 Å². The Balaban J connectivity index is 1.95. The van der Waals surface area contributed by atoms with Crippen LogP contribution in [0.2, 0.25) is 5.02 Å². The molecule has 1 aromatic carbocycles. The molecule has 7 nitrogen and oxygen atoms in total. The SMILES string of the molecule is Cc1cc(C)c(CNC(=O)c2cc(-c3cnn(C)c3)cc(OC(C)C)c2Cl)c(=O)[nH]1. The van der Waals surface area contributed by atoms with Crippen LogP contribution in [0.5, 0.6) is 5.75 Å². The van der Waals surface area contributed by atoms with Gasteiger partial charge in [-0.2, -0.15) is 5.10 Å². The third-order valence-corrected chi connectivity index (χ3v) is 4.99. The number of rotatable bonds is 6. The minimum atomic E-state index is -0.390. The van der Waals surface area contributed by atoms with Crippen LogP contribution in [0.3, 0.4) is 0 Å².